The summed E-state index contributed by atoms with van der Waals surface area (Å²) >= 11 is 5.47. The first-order valence-corrected chi connectivity index (χ1v) is 7.46. The minimum Gasteiger partial charge on any atom is -0.352 e. The molecule has 18 heavy (non-hydrogen) atoms. The maximum atomic E-state index is 11.3. The van der Waals surface area contributed by atoms with Crippen molar-refractivity contribution in [3.63, 3.8) is 0 Å². The molecule has 0 bridgehead atoms. The molecule has 0 saturated carbocycles. The van der Waals surface area contributed by atoms with Gasteiger partial charge in [-0.25, -0.2) is 13.6 Å². The second-order valence-corrected chi connectivity index (χ2v) is 5.70. The lowest BCUT2D eigenvalue weighted by molar-refractivity contribution is -0.121. The van der Waals surface area contributed by atoms with Crippen molar-refractivity contribution in [1.29, 1.82) is 0 Å². The van der Waals surface area contributed by atoms with Crippen LogP contribution in [0.25, 0.3) is 0 Å². The van der Waals surface area contributed by atoms with Gasteiger partial charge in [-0.05, 0) is 24.1 Å². The number of amides is 1. The van der Waals surface area contributed by atoms with Crippen molar-refractivity contribution in [1.82, 2.24) is 5.32 Å². The number of primary sulfonamides is 1. The average molecular weight is 291 g/mol. The number of sulfonamides is 1. The number of halogens is 1. The summed E-state index contributed by atoms with van der Waals surface area (Å²) in [4.78, 5) is 11.4. The van der Waals surface area contributed by atoms with Crippen LogP contribution in [0.1, 0.15) is 18.4 Å². The Labute approximate surface area is 111 Å². The fourth-order valence-corrected chi connectivity index (χ4v) is 1.96. The van der Waals surface area contributed by atoms with E-state index in [0.717, 1.165) is 5.56 Å². The van der Waals surface area contributed by atoms with Gasteiger partial charge in [-0.1, -0.05) is 12.1 Å². The minimum atomic E-state index is -3.66. The first-order chi connectivity index (χ1) is 8.43. The molecule has 1 amide bonds. The molecule has 0 aliphatic carbocycles. The standard InChI is InChI=1S/C11H15ClN2O3S/c12-7-1-2-11(15)14-8-9-3-5-10(6-4-9)18(13,16)17/h3-6H,1-2,7-8H2,(H,14,15)(H2,13,16,17). The second kappa shape index (κ2) is 6.72. The van der Waals surface area contributed by atoms with E-state index in [2.05, 4.69) is 5.32 Å². The van der Waals surface area contributed by atoms with E-state index in [9.17, 15) is 13.2 Å². The average Bonchev–Trinajstić information content (AvgIpc) is 2.33. The van der Waals surface area contributed by atoms with Crippen molar-refractivity contribution in [2.45, 2.75) is 24.3 Å². The Morgan fingerprint density at radius 1 is 1.28 bits per heavy atom. The Kier molecular flexibility index (Phi) is 5.58. The van der Waals surface area contributed by atoms with Crippen molar-refractivity contribution in [3.8, 4) is 0 Å². The number of alkyl halides is 1. The third-order valence-electron chi connectivity index (χ3n) is 2.28. The van der Waals surface area contributed by atoms with Gasteiger partial charge >= 0.3 is 0 Å². The van der Waals surface area contributed by atoms with E-state index in [1.807, 2.05) is 0 Å². The van der Waals surface area contributed by atoms with E-state index in [0.29, 0.717) is 25.3 Å². The normalized spacial score (nSPS) is 11.2. The Morgan fingerprint density at radius 2 is 1.89 bits per heavy atom. The maximum Gasteiger partial charge on any atom is 0.238 e. The van der Waals surface area contributed by atoms with Crippen LogP contribution < -0.4 is 10.5 Å². The van der Waals surface area contributed by atoms with Crippen molar-refractivity contribution in [3.05, 3.63) is 29.8 Å². The lowest BCUT2D eigenvalue weighted by atomic mass is 10.2. The van der Waals surface area contributed by atoms with Gasteiger partial charge in [0.15, 0.2) is 0 Å². The van der Waals surface area contributed by atoms with Crippen molar-refractivity contribution >= 4 is 27.5 Å². The summed E-state index contributed by atoms with van der Waals surface area (Å²) in [7, 11) is -3.66. The molecular formula is C11H15ClN2O3S. The van der Waals surface area contributed by atoms with Crippen LogP contribution in [-0.2, 0) is 21.4 Å². The summed E-state index contributed by atoms with van der Waals surface area (Å²) in [6, 6.07) is 6.05. The number of rotatable bonds is 6. The van der Waals surface area contributed by atoms with E-state index in [1.54, 1.807) is 12.1 Å². The molecule has 1 aromatic carbocycles. The predicted molar refractivity (Wildman–Crippen MR) is 69.6 cm³/mol. The van der Waals surface area contributed by atoms with Crippen molar-refractivity contribution in [2.24, 2.45) is 5.14 Å². The number of nitrogens with two attached hydrogens (primary N) is 1. The molecule has 0 spiro atoms. The fourth-order valence-electron chi connectivity index (χ4n) is 1.31. The van der Waals surface area contributed by atoms with Crippen LogP contribution in [0.5, 0.6) is 0 Å². The predicted octanol–water partition coefficient (Wildman–Crippen LogP) is 0.969. The van der Waals surface area contributed by atoms with Gasteiger partial charge in [0.05, 0.1) is 4.90 Å². The van der Waals surface area contributed by atoms with Gasteiger partial charge in [0.1, 0.15) is 0 Å². The number of hydrogen-bond donors (Lipinski definition) is 2. The number of nitrogens with one attached hydrogen (secondary N) is 1. The number of carbonyl (C=O) groups is 1. The van der Waals surface area contributed by atoms with Gasteiger partial charge < -0.3 is 5.32 Å². The molecule has 0 radical (unpaired) electrons. The monoisotopic (exact) mass is 290 g/mol. The number of carbonyl (C=O) groups excluding carboxylic acids is 1. The summed E-state index contributed by atoms with van der Waals surface area (Å²) in [5, 5.41) is 7.69. The first-order valence-electron chi connectivity index (χ1n) is 5.38. The van der Waals surface area contributed by atoms with E-state index >= 15 is 0 Å². The van der Waals surface area contributed by atoms with Crippen LogP contribution >= 0.6 is 11.6 Å². The summed E-state index contributed by atoms with van der Waals surface area (Å²) in [5.41, 5.74) is 0.807. The largest absolute Gasteiger partial charge is 0.352 e. The van der Waals surface area contributed by atoms with Crippen molar-refractivity contribution < 1.29 is 13.2 Å². The molecule has 0 saturated heterocycles. The van der Waals surface area contributed by atoms with Gasteiger partial charge in [0, 0.05) is 18.8 Å². The van der Waals surface area contributed by atoms with Crippen LogP contribution in [0.2, 0.25) is 0 Å². The van der Waals surface area contributed by atoms with Gasteiger partial charge in [-0.3, -0.25) is 4.79 Å². The molecule has 5 nitrogen and oxygen atoms in total. The zero-order chi connectivity index (χ0) is 13.6. The lowest BCUT2D eigenvalue weighted by Crippen LogP contribution is -2.22. The van der Waals surface area contributed by atoms with Gasteiger partial charge in [-0.2, -0.15) is 0 Å². The highest BCUT2D eigenvalue weighted by atomic mass is 35.5. The van der Waals surface area contributed by atoms with Crippen LogP contribution in [0, 0.1) is 0 Å². The Morgan fingerprint density at radius 3 is 2.39 bits per heavy atom. The summed E-state index contributed by atoms with van der Waals surface area (Å²) < 4.78 is 22.0. The summed E-state index contributed by atoms with van der Waals surface area (Å²) in [6.07, 6.45) is 1.02. The second-order valence-electron chi connectivity index (χ2n) is 3.76. The SMILES string of the molecule is NS(=O)(=O)c1ccc(CNC(=O)CCCCl)cc1. The molecule has 0 unspecified atom stereocenters. The molecule has 0 fully saturated rings. The molecule has 0 heterocycles. The molecule has 3 N–H and O–H groups in total. The minimum absolute atomic E-state index is 0.0553. The lowest BCUT2D eigenvalue weighted by Gasteiger charge is -2.05. The van der Waals surface area contributed by atoms with E-state index < -0.39 is 10.0 Å². The zero-order valence-corrected chi connectivity index (χ0v) is 11.3. The van der Waals surface area contributed by atoms with Crippen LogP contribution in [0.15, 0.2) is 29.2 Å². The quantitative estimate of drug-likeness (QED) is 0.765. The molecule has 100 valence electrons. The Balaban J connectivity index is 2.52. The maximum absolute atomic E-state index is 11.3. The summed E-state index contributed by atoms with van der Waals surface area (Å²) in [5.74, 6) is 0.377. The van der Waals surface area contributed by atoms with Crippen LogP contribution in [0.4, 0.5) is 0 Å². The molecule has 0 atom stereocenters. The molecule has 0 aliphatic rings. The van der Waals surface area contributed by atoms with Crippen LogP contribution in [0.3, 0.4) is 0 Å². The molecule has 7 heteroatoms. The molecule has 1 rings (SSSR count). The molecule has 0 aromatic heterocycles. The first kappa shape index (κ1) is 14.9. The number of hydrogen-bond acceptors (Lipinski definition) is 3. The van der Waals surface area contributed by atoms with E-state index in [1.165, 1.54) is 12.1 Å². The Bertz CT molecular complexity index is 500. The summed E-state index contributed by atoms with van der Waals surface area (Å²) in [6.45, 7) is 0.353. The Hall–Kier alpha value is -1.11. The molecular weight excluding hydrogens is 276 g/mol. The van der Waals surface area contributed by atoms with Crippen molar-refractivity contribution in [2.75, 3.05) is 5.88 Å². The number of benzene rings is 1. The van der Waals surface area contributed by atoms with E-state index in [4.69, 9.17) is 16.7 Å². The van der Waals surface area contributed by atoms with Gasteiger partial charge in [-0.15, -0.1) is 11.6 Å². The van der Waals surface area contributed by atoms with Gasteiger partial charge in [0.2, 0.25) is 15.9 Å². The molecule has 1 aromatic rings. The highest BCUT2D eigenvalue weighted by Crippen LogP contribution is 2.08. The van der Waals surface area contributed by atoms with Gasteiger partial charge in [0.25, 0.3) is 0 Å². The highest BCUT2D eigenvalue weighted by Gasteiger charge is 2.07. The third kappa shape index (κ3) is 5.03. The third-order valence-corrected chi connectivity index (χ3v) is 3.48. The zero-order valence-electron chi connectivity index (χ0n) is 9.73. The molecule has 0 aliphatic heterocycles. The van der Waals surface area contributed by atoms with Crippen LogP contribution in [-0.4, -0.2) is 20.2 Å². The smallest absolute Gasteiger partial charge is 0.238 e. The highest BCUT2D eigenvalue weighted by molar-refractivity contribution is 7.89. The van der Waals surface area contributed by atoms with E-state index in [-0.39, 0.29) is 10.8 Å². The topological polar surface area (TPSA) is 89.3 Å². The fraction of sp³-hybridized carbons (Fsp3) is 0.364.